The smallest absolute Gasteiger partial charge is 0.170 e. The zero-order chi connectivity index (χ0) is 18.5. The molecule has 1 fully saturated rings. The molecule has 0 aliphatic carbocycles. The molecule has 0 saturated carbocycles. The third-order valence-corrected chi connectivity index (χ3v) is 5.24. The summed E-state index contributed by atoms with van der Waals surface area (Å²) in [4.78, 5) is 2.42. The van der Waals surface area contributed by atoms with Crippen molar-refractivity contribution in [3.63, 3.8) is 0 Å². The Hall–Kier alpha value is -2.27. The molecule has 0 radical (unpaired) electrons. The van der Waals surface area contributed by atoms with Crippen molar-refractivity contribution in [2.75, 3.05) is 37.0 Å². The van der Waals surface area contributed by atoms with E-state index in [9.17, 15) is 0 Å². The lowest BCUT2D eigenvalue weighted by Crippen LogP contribution is -2.34. The third-order valence-electron chi connectivity index (χ3n) is 4.99. The van der Waals surface area contributed by atoms with Gasteiger partial charge in [-0.15, -0.1) is 0 Å². The maximum Gasteiger partial charge on any atom is 0.170 e. The van der Waals surface area contributed by atoms with Crippen LogP contribution in [0.25, 0.3) is 0 Å². The number of nitrogens with zero attached hydrogens (tertiary/aromatic N) is 1. The summed E-state index contributed by atoms with van der Waals surface area (Å²) in [5.41, 5.74) is 4.78. The van der Waals surface area contributed by atoms with Crippen LogP contribution >= 0.6 is 12.2 Å². The summed E-state index contributed by atoms with van der Waals surface area (Å²) in [7, 11) is 1.70. The maximum absolute atomic E-state index is 5.49. The molecule has 26 heavy (non-hydrogen) atoms. The van der Waals surface area contributed by atoms with Crippen LogP contribution in [0.15, 0.2) is 42.5 Å². The van der Waals surface area contributed by atoms with E-state index in [0.29, 0.717) is 11.0 Å². The van der Waals surface area contributed by atoms with Gasteiger partial charge in [-0.2, -0.15) is 0 Å². The summed E-state index contributed by atoms with van der Waals surface area (Å²) in [6, 6.07) is 14.6. The molecule has 0 unspecified atom stereocenters. The number of ether oxygens (including phenoxy) is 1. The lowest BCUT2D eigenvalue weighted by Gasteiger charge is -2.20. The normalized spacial score (nSPS) is 16.4. The standard InChI is InChI=1S/C21H27N3OS/c1-15-5-4-6-16(2)20(15)23-21(26)22-13-17-11-12-24(14-17)18-7-9-19(25-3)10-8-18/h4-10,17H,11-14H2,1-3H3,(H2,22,23,26)/t17-/m1/s1. The highest BCUT2D eigenvalue weighted by molar-refractivity contribution is 7.80. The summed E-state index contributed by atoms with van der Waals surface area (Å²) in [5, 5.41) is 7.44. The first-order chi connectivity index (χ1) is 12.6. The number of thiocarbonyl (C=S) groups is 1. The Balaban J connectivity index is 1.49. The number of aryl methyl sites for hydroxylation is 2. The molecular weight excluding hydrogens is 342 g/mol. The molecule has 0 bridgehead atoms. The van der Waals surface area contributed by atoms with Crippen molar-refractivity contribution in [1.82, 2.24) is 5.32 Å². The van der Waals surface area contributed by atoms with Crippen molar-refractivity contribution in [1.29, 1.82) is 0 Å². The zero-order valence-electron chi connectivity index (χ0n) is 15.7. The van der Waals surface area contributed by atoms with Gasteiger partial charge in [-0.3, -0.25) is 0 Å². The van der Waals surface area contributed by atoms with E-state index in [1.807, 2.05) is 12.1 Å². The Morgan fingerprint density at radius 2 is 1.85 bits per heavy atom. The van der Waals surface area contributed by atoms with Gasteiger partial charge in [-0.25, -0.2) is 0 Å². The molecule has 0 aromatic heterocycles. The fourth-order valence-corrected chi connectivity index (χ4v) is 3.62. The minimum absolute atomic E-state index is 0.592. The van der Waals surface area contributed by atoms with Crippen molar-refractivity contribution >= 4 is 28.7 Å². The molecule has 5 heteroatoms. The Morgan fingerprint density at radius 1 is 1.15 bits per heavy atom. The summed E-state index contributed by atoms with van der Waals surface area (Å²) in [6.45, 7) is 7.22. The van der Waals surface area contributed by atoms with E-state index < -0.39 is 0 Å². The Bertz CT molecular complexity index is 740. The largest absolute Gasteiger partial charge is 0.497 e. The first-order valence-corrected chi connectivity index (χ1v) is 9.47. The van der Waals surface area contributed by atoms with Gasteiger partial charge in [-0.1, -0.05) is 18.2 Å². The second kappa shape index (κ2) is 8.41. The molecule has 1 aliphatic heterocycles. The van der Waals surface area contributed by atoms with Crippen LogP contribution in [0.3, 0.4) is 0 Å². The van der Waals surface area contributed by atoms with Crippen molar-refractivity contribution in [3.05, 3.63) is 53.6 Å². The van der Waals surface area contributed by atoms with E-state index in [4.69, 9.17) is 17.0 Å². The number of rotatable bonds is 5. The monoisotopic (exact) mass is 369 g/mol. The molecular formula is C21H27N3OS. The zero-order valence-corrected chi connectivity index (χ0v) is 16.5. The number of anilines is 2. The summed E-state index contributed by atoms with van der Waals surface area (Å²) in [6.07, 6.45) is 1.17. The Kier molecular flexibility index (Phi) is 5.99. The van der Waals surface area contributed by atoms with Gasteiger partial charge < -0.3 is 20.3 Å². The number of nitrogens with one attached hydrogen (secondary N) is 2. The molecule has 0 spiro atoms. The number of benzene rings is 2. The molecule has 138 valence electrons. The first kappa shape index (κ1) is 18.5. The SMILES string of the molecule is COc1ccc(N2CC[C@H](CNC(=S)Nc3c(C)cccc3C)C2)cc1. The highest BCUT2D eigenvalue weighted by Crippen LogP contribution is 2.25. The second-order valence-corrected chi connectivity index (χ2v) is 7.31. The van der Waals surface area contributed by atoms with Crippen LogP contribution in [0, 0.1) is 19.8 Å². The van der Waals surface area contributed by atoms with E-state index in [2.05, 4.69) is 59.7 Å². The first-order valence-electron chi connectivity index (χ1n) is 9.07. The predicted octanol–water partition coefficient (Wildman–Crippen LogP) is 4.12. The molecule has 2 aromatic rings. The number of para-hydroxylation sites is 1. The average molecular weight is 370 g/mol. The fraction of sp³-hybridized carbons (Fsp3) is 0.381. The molecule has 2 N–H and O–H groups in total. The number of hydrogen-bond acceptors (Lipinski definition) is 3. The van der Waals surface area contributed by atoms with E-state index >= 15 is 0 Å². The molecule has 1 saturated heterocycles. The van der Waals surface area contributed by atoms with E-state index in [1.165, 1.54) is 23.2 Å². The summed E-state index contributed by atoms with van der Waals surface area (Å²) >= 11 is 5.49. The van der Waals surface area contributed by atoms with E-state index in [-0.39, 0.29) is 0 Å². The minimum atomic E-state index is 0.592. The van der Waals surface area contributed by atoms with Crippen molar-refractivity contribution in [3.8, 4) is 5.75 Å². The molecule has 4 nitrogen and oxygen atoms in total. The van der Waals surface area contributed by atoms with Crippen LogP contribution in [0.4, 0.5) is 11.4 Å². The highest BCUT2D eigenvalue weighted by Gasteiger charge is 2.22. The second-order valence-electron chi connectivity index (χ2n) is 6.90. The van der Waals surface area contributed by atoms with Crippen LogP contribution in [-0.4, -0.2) is 31.9 Å². The van der Waals surface area contributed by atoms with Gasteiger partial charge in [0.05, 0.1) is 7.11 Å². The molecule has 2 aromatic carbocycles. The van der Waals surface area contributed by atoms with Crippen LogP contribution in [0.1, 0.15) is 17.5 Å². The quantitative estimate of drug-likeness (QED) is 0.775. The summed E-state index contributed by atoms with van der Waals surface area (Å²) in [5.74, 6) is 1.49. The van der Waals surface area contributed by atoms with E-state index in [0.717, 1.165) is 31.1 Å². The summed E-state index contributed by atoms with van der Waals surface area (Å²) < 4.78 is 5.23. The number of methoxy groups -OCH3 is 1. The third kappa shape index (κ3) is 4.47. The molecule has 1 heterocycles. The lowest BCUT2D eigenvalue weighted by atomic mass is 10.1. The van der Waals surface area contributed by atoms with Crippen LogP contribution in [-0.2, 0) is 0 Å². The maximum atomic E-state index is 5.49. The molecule has 1 aliphatic rings. The van der Waals surface area contributed by atoms with Gasteiger partial charge >= 0.3 is 0 Å². The Morgan fingerprint density at radius 3 is 2.50 bits per heavy atom. The van der Waals surface area contributed by atoms with Gasteiger partial charge in [0, 0.05) is 31.0 Å². The van der Waals surface area contributed by atoms with Crippen LogP contribution in [0.2, 0.25) is 0 Å². The molecule has 0 amide bonds. The van der Waals surface area contributed by atoms with Gasteiger partial charge in [-0.05, 0) is 73.8 Å². The van der Waals surface area contributed by atoms with Crippen LogP contribution in [0.5, 0.6) is 5.75 Å². The number of hydrogen-bond donors (Lipinski definition) is 2. The average Bonchev–Trinajstić information content (AvgIpc) is 3.12. The highest BCUT2D eigenvalue weighted by atomic mass is 32.1. The molecule has 1 atom stereocenters. The van der Waals surface area contributed by atoms with Gasteiger partial charge in [0.2, 0.25) is 0 Å². The van der Waals surface area contributed by atoms with Crippen molar-refractivity contribution < 1.29 is 4.74 Å². The minimum Gasteiger partial charge on any atom is -0.497 e. The van der Waals surface area contributed by atoms with Crippen molar-refractivity contribution in [2.45, 2.75) is 20.3 Å². The van der Waals surface area contributed by atoms with Gasteiger partial charge in [0.1, 0.15) is 5.75 Å². The lowest BCUT2D eigenvalue weighted by molar-refractivity contribution is 0.415. The van der Waals surface area contributed by atoms with Gasteiger partial charge in [0.15, 0.2) is 5.11 Å². The van der Waals surface area contributed by atoms with E-state index in [1.54, 1.807) is 7.11 Å². The van der Waals surface area contributed by atoms with Gasteiger partial charge in [0.25, 0.3) is 0 Å². The predicted molar refractivity (Wildman–Crippen MR) is 113 cm³/mol. The van der Waals surface area contributed by atoms with Crippen molar-refractivity contribution in [2.24, 2.45) is 5.92 Å². The fourth-order valence-electron chi connectivity index (χ4n) is 3.43. The van der Waals surface area contributed by atoms with Crippen LogP contribution < -0.4 is 20.3 Å². The molecule has 3 rings (SSSR count). The Labute approximate surface area is 161 Å². The topological polar surface area (TPSA) is 36.5 Å².